The molecule has 0 radical (unpaired) electrons. The van der Waals surface area contributed by atoms with E-state index in [-0.39, 0.29) is 11.7 Å². The summed E-state index contributed by atoms with van der Waals surface area (Å²) in [6.07, 6.45) is 8.41. The Morgan fingerprint density at radius 1 is 0.729 bits per heavy atom. The number of carbonyl (C=O) groups is 1. The second-order valence-corrected chi connectivity index (χ2v) is 39.6. The number of hydrogen-bond acceptors (Lipinski definition) is 6. The molecule has 0 bridgehead atoms. The molecule has 0 aliphatic heterocycles. The summed E-state index contributed by atoms with van der Waals surface area (Å²) in [7, 11) is -10.9. The Bertz CT molecular complexity index is 989. The van der Waals surface area contributed by atoms with Crippen LogP contribution in [0.5, 0.6) is 0 Å². The summed E-state index contributed by atoms with van der Waals surface area (Å²) < 4.78 is 35.2. The predicted molar refractivity (Wildman–Crippen MR) is 221 cm³/mol. The molecular formula is C37H82O6Si5. The van der Waals surface area contributed by atoms with Gasteiger partial charge in [-0.2, -0.15) is 0 Å². The highest BCUT2D eigenvalue weighted by Crippen LogP contribution is 2.44. The van der Waals surface area contributed by atoms with Crippen molar-refractivity contribution in [2.75, 3.05) is 6.61 Å². The zero-order valence-corrected chi connectivity index (χ0v) is 40.3. The molecule has 6 nitrogen and oxygen atoms in total. The summed E-state index contributed by atoms with van der Waals surface area (Å²) in [6.45, 7) is 45.6. The Morgan fingerprint density at radius 3 is 1.71 bits per heavy atom. The molecule has 0 rings (SSSR count). The lowest BCUT2D eigenvalue weighted by atomic mass is 10.3. The Kier molecular flexibility index (Phi) is 19.9. The molecule has 2 unspecified atom stereocenters. The lowest BCUT2D eigenvalue weighted by Crippen LogP contribution is -2.70. The summed E-state index contributed by atoms with van der Waals surface area (Å²) >= 11 is 0. The molecule has 0 saturated heterocycles. The Hall–Kier alpha value is 0.134. The third-order valence-electron chi connectivity index (χ3n) is 11.5. The third kappa shape index (κ3) is 13.9. The van der Waals surface area contributed by atoms with E-state index in [2.05, 4.69) is 121 Å². The first-order valence-corrected chi connectivity index (χ1v) is 34.3. The highest BCUT2D eigenvalue weighted by molar-refractivity contribution is 6.83. The van der Waals surface area contributed by atoms with Gasteiger partial charge in [-0.15, -0.1) is 0 Å². The van der Waals surface area contributed by atoms with Crippen molar-refractivity contribution in [3.63, 3.8) is 0 Å². The summed E-state index contributed by atoms with van der Waals surface area (Å²) in [5.74, 6) is -0.330. The summed E-state index contributed by atoms with van der Waals surface area (Å²) in [5.41, 5.74) is 0.816. The van der Waals surface area contributed by atoms with Crippen LogP contribution in [0.25, 0.3) is 0 Å². The molecule has 0 fully saturated rings. The van der Waals surface area contributed by atoms with E-state index in [1.54, 1.807) is 6.92 Å². The fraction of sp³-hybridized carbons (Fsp3) is 0.919. The first-order chi connectivity index (χ1) is 21.8. The van der Waals surface area contributed by atoms with Crippen LogP contribution in [-0.4, -0.2) is 75.8 Å². The second-order valence-electron chi connectivity index (χ2n) is 17.5. The molecule has 11 heteroatoms. The van der Waals surface area contributed by atoms with Crippen LogP contribution in [0.15, 0.2) is 12.2 Å². The van der Waals surface area contributed by atoms with E-state index < -0.39 is 51.8 Å². The van der Waals surface area contributed by atoms with E-state index in [0.29, 0.717) is 17.9 Å². The molecule has 0 aliphatic rings. The molecule has 48 heavy (non-hydrogen) atoms. The van der Waals surface area contributed by atoms with Crippen molar-refractivity contribution in [3.05, 3.63) is 12.2 Å². The van der Waals surface area contributed by atoms with Crippen LogP contribution < -0.4 is 0 Å². The first kappa shape index (κ1) is 48.1. The van der Waals surface area contributed by atoms with Crippen molar-refractivity contribution in [3.8, 4) is 0 Å². The van der Waals surface area contributed by atoms with E-state index in [1.165, 1.54) is 37.8 Å². The standard InChI is InChI=1S/C37H82O6Si5/c1-20-25-29-44(11,12)34(22-3)41-47(17,18)36(9,23-4)43-48(19,31-27-28-39-35(38)32(6)7)37(10,24-5)42-46(15,16)33(8)40-45(13,14)30-26-21-2/h33-34H,6,20-31H2,1-5,7-19H3/t33-,34?,36+,37-,48?/m0/s1. The van der Waals surface area contributed by atoms with Gasteiger partial charge in [-0.3, -0.25) is 0 Å². The molecule has 286 valence electrons. The first-order valence-electron chi connectivity index (χ1n) is 19.4. The van der Waals surface area contributed by atoms with E-state index in [9.17, 15) is 4.79 Å². The highest BCUT2D eigenvalue weighted by Gasteiger charge is 2.58. The molecular weight excluding hydrogens is 681 g/mol. The molecule has 0 amide bonds. The van der Waals surface area contributed by atoms with E-state index in [1.807, 2.05) is 0 Å². The van der Waals surface area contributed by atoms with Crippen LogP contribution in [0.2, 0.25) is 77.1 Å². The molecule has 0 aliphatic carbocycles. The van der Waals surface area contributed by atoms with Crippen molar-refractivity contribution < 1.29 is 27.2 Å². The van der Waals surface area contributed by atoms with Crippen molar-refractivity contribution >= 4 is 47.3 Å². The van der Waals surface area contributed by atoms with Gasteiger partial charge in [-0.25, -0.2) is 4.79 Å². The zero-order valence-electron chi connectivity index (χ0n) is 35.3. The fourth-order valence-electron chi connectivity index (χ4n) is 6.81. The normalized spacial score (nSPS) is 18.4. The van der Waals surface area contributed by atoms with Crippen molar-refractivity contribution in [2.24, 2.45) is 0 Å². The Labute approximate surface area is 304 Å². The van der Waals surface area contributed by atoms with E-state index >= 15 is 0 Å². The molecule has 0 aromatic rings. The maximum Gasteiger partial charge on any atom is 0.333 e. The summed E-state index contributed by atoms with van der Waals surface area (Å²) in [6, 6.07) is 3.30. The minimum absolute atomic E-state index is 0.0731. The highest BCUT2D eigenvalue weighted by atomic mass is 28.4. The monoisotopic (exact) mass is 762 g/mol. The van der Waals surface area contributed by atoms with Gasteiger partial charge < -0.3 is 22.4 Å². The third-order valence-corrected chi connectivity index (χ3v) is 30.7. The number of ether oxygens (including phenoxy) is 1. The van der Waals surface area contributed by atoms with Crippen LogP contribution in [-0.2, 0) is 27.2 Å². The van der Waals surface area contributed by atoms with Crippen molar-refractivity contribution in [2.45, 2.75) is 213 Å². The van der Waals surface area contributed by atoms with E-state index in [4.69, 9.17) is 22.4 Å². The van der Waals surface area contributed by atoms with Gasteiger partial charge in [-0.1, -0.05) is 86.0 Å². The minimum Gasteiger partial charge on any atom is -0.462 e. The molecule has 0 aromatic heterocycles. The van der Waals surface area contributed by atoms with E-state index in [0.717, 1.165) is 31.7 Å². The summed E-state index contributed by atoms with van der Waals surface area (Å²) in [4.78, 5) is 12.3. The molecule has 0 saturated carbocycles. The quantitative estimate of drug-likeness (QED) is 0.0378. The Morgan fingerprint density at radius 2 is 1.25 bits per heavy atom. The van der Waals surface area contributed by atoms with Crippen LogP contribution >= 0.6 is 0 Å². The average molecular weight is 763 g/mol. The maximum atomic E-state index is 12.3. The molecule has 0 heterocycles. The molecule has 0 aromatic carbocycles. The van der Waals surface area contributed by atoms with Crippen LogP contribution in [0.4, 0.5) is 0 Å². The Balaban J connectivity index is 6.75. The fourth-order valence-corrected chi connectivity index (χ4v) is 26.3. The van der Waals surface area contributed by atoms with Crippen molar-refractivity contribution in [1.82, 2.24) is 0 Å². The smallest absolute Gasteiger partial charge is 0.333 e. The number of rotatable bonds is 26. The van der Waals surface area contributed by atoms with Gasteiger partial charge in [0.25, 0.3) is 0 Å². The minimum atomic E-state index is -2.71. The van der Waals surface area contributed by atoms with Gasteiger partial charge >= 0.3 is 5.97 Å². The summed E-state index contributed by atoms with van der Waals surface area (Å²) in [5, 5.41) is -0.873. The lowest BCUT2D eigenvalue weighted by Gasteiger charge is -2.55. The van der Waals surface area contributed by atoms with Gasteiger partial charge in [0.05, 0.1) is 30.9 Å². The predicted octanol–water partition coefficient (Wildman–Crippen LogP) is 11.7. The SMILES string of the molecule is C=C(C)C(=O)OCCC[Si](C)(O[C@@](C)(CC)[Si](C)(C)OC(CC)[Si](C)(C)CCCC)[C@@](C)(CC)O[Si](C)(C)[C@@H](C)O[Si](C)(C)CCCC. The molecule has 0 N–H and O–H groups in total. The molecule has 5 atom stereocenters. The number of unbranched alkanes of at least 4 members (excludes halogenated alkanes) is 2. The lowest BCUT2D eigenvalue weighted by molar-refractivity contribution is -0.138. The number of esters is 1. The molecule has 0 spiro atoms. The average Bonchev–Trinajstić information content (AvgIpc) is 2.98. The van der Waals surface area contributed by atoms with Gasteiger partial charge in [0.2, 0.25) is 25.0 Å². The van der Waals surface area contributed by atoms with Crippen molar-refractivity contribution in [1.29, 1.82) is 0 Å². The topological polar surface area (TPSA) is 63.2 Å². The van der Waals surface area contributed by atoms with Gasteiger partial charge in [-0.05, 0) is 111 Å². The van der Waals surface area contributed by atoms with Gasteiger partial charge in [0.1, 0.15) is 0 Å². The van der Waals surface area contributed by atoms with Crippen LogP contribution in [0.3, 0.4) is 0 Å². The number of carbonyl (C=O) groups excluding carboxylic acids is 1. The number of hydrogen-bond donors (Lipinski definition) is 0. The zero-order chi connectivity index (χ0) is 37.8. The largest absolute Gasteiger partial charge is 0.462 e. The van der Waals surface area contributed by atoms with Gasteiger partial charge in [0, 0.05) is 11.3 Å². The van der Waals surface area contributed by atoms with Crippen LogP contribution in [0, 0.1) is 0 Å². The maximum absolute atomic E-state index is 12.3. The van der Waals surface area contributed by atoms with Gasteiger partial charge in [0.15, 0.2) is 8.32 Å². The second kappa shape index (κ2) is 19.8. The van der Waals surface area contributed by atoms with Crippen LogP contribution in [0.1, 0.15) is 114 Å².